The van der Waals surface area contributed by atoms with E-state index < -0.39 is 5.91 Å². The summed E-state index contributed by atoms with van der Waals surface area (Å²) in [6, 6.07) is 1.52. The molecule has 2 amide bonds. The molecule has 0 unspecified atom stereocenters. The highest BCUT2D eigenvalue weighted by molar-refractivity contribution is 6.33. The van der Waals surface area contributed by atoms with Crippen molar-refractivity contribution in [2.45, 2.75) is 6.92 Å². The first-order valence-corrected chi connectivity index (χ1v) is 5.55. The normalized spacial score (nSPS) is 9.82. The van der Waals surface area contributed by atoms with Gasteiger partial charge in [0.2, 0.25) is 5.91 Å². The SMILES string of the molecule is CCN(C)C(=O)CNC(=O)c1cnccc1Cl. The molecule has 0 aliphatic carbocycles. The van der Waals surface area contributed by atoms with E-state index in [1.165, 1.54) is 23.4 Å². The molecular weight excluding hydrogens is 242 g/mol. The molecule has 5 nitrogen and oxygen atoms in total. The standard InChI is InChI=1S/C11H14ClN3O2/c1-3-15(2)10(16)7-14-11(17)8-6-13-5-4-9(8)12/h4-6H,3,7H2,1-2H3,(H,14,17). The first-order valence-electron chi connectivity index (χ1n) is 5.18. The maximum absolute atomic E-state index is 11.7. The number of likely N-dealkylation sites (N-methyl/N-ethyl adjacent to an activating group) is 1. The molecule has 0 bridgehead atoms. The molecule has 0 atom stereocenters. The highest BCUT2D eigenvalue weighted by Gasteiger charge is 2.12. The third kappa shape index (κ3) is 3.71. The Morgan fingerprint density at radius 1 is 1.53 bits per heavy atom. The van der Waals surface area contributed by atoms with Crippen LogP contribution in [-0.2, 0) is 4.79 Å². The van der Waals surface area contributed by atoms with E-state index in [-0.39, 0.29) is 18.0 Å². The van der Waals surface area contributed by atoms with Crippen molar-refractivity contribution in [2.24, 2.45) is 0 Å². The van der Waals surface area contributed by atoms with Gasteiger partial charge in [0.25, 0.3) is 5.91 Å². The van der Waals surface area contributed by atoms with E-state index >= 15 is 0 Å². The minimum absolute atomic E-state index is 0.0472. The highest BCUT2D eigenvalue weighted by Crippen LogP contribution is 2.12. The van der Waals surface area contributed by atoms with E-state index in [0.29, 0.717) is 11.6 Å². The lowest BCUT2D eigenvalue weighted by Gasteiger charge is -2.14. The summed E-state index contributed by atoms with van der Waals surface area (Å²) in [5.41, 5.74) is 0.265. The van der Waals surface area contributed by atoms with Crippen LogP contribution in [0, 0.1) is 0 Å². The van der Waals surface area contributed by atoms with Crippen molar-refractivity contribution in [3.05, 3.63) is 29.0 Å². The number of hydrogen-bond acceptors (Lipinski definition) is 3. The summed E-state index contributed by atoms with van der Waals surface area (Å²) >= 11 is 5.83. The molecule has 0 aromatic carbocycles. The molecule has 1 N–H and O–H groups in total. The van der Waals surface area contributed by atoms with Crippen LogP contribution in [0.3, 0.4) is 0 Å². The summed E-state index contributed by atoms with van der Waals surface area (Å²) in [5, 5.41) is 2.81. The van der Waals surface area contributed by atoms with Crippen molar-refractivity contribution < 1.29 is 9.59 Å². The van der Waals surface area contributed by atoms with Crippen LogP contribution in [-0.4, -0.2) is 41.8 Å². The maximum atomic E-state index is 11.7. The summed E-state index contributed by atoms with van der Waals surface area (Å²) in [4.78, 5) is 28.5. The zero-order chi connectivity index (χ0) is 12.8. The Bertz CT molecular complexity index is 423. The van der Waals surface area contributed by atoms with E-state index in [4.69, 9.17) is 11.6 Å². The number of pyridine rings is 1. The largest absolute Gasteiger partial charge is 0.345 e. The number of amides is 2. The fraction of sp³-hybridized carbons (Fsp3) is 0.364. The summed E-state index contributed by atoms with van der Waals surface area (Å²) in [6.07, 6.45) is 2.86. The van der Waals surface area contributed by atoms with E-state index in [2.05, 4.69) is 10.3 Å². The van der Waals surface area contributed by atoms with Crippen LogP contribution in [0.25, 0.3) is 0 Å². The molecule has 6 heteroatoms. The van der Waals surface area contributed by atoms with Crippen LogP contribution in [0.15, 0.2) is 18.5 Å². The lowest BCUT2D eigenvalue weighted by atomic mass is 10.2. The second-order valence-corrected chi connectivity index (χ2v) is 3.85. The molecule has 92 valence electrons. The molecule has 17 heavy (non-hydrogen) atoms. The molecule has 0 aliphatic rings. The molecule has 1 aromatic rings. The molecule has 1 rings (SSSR count). The Hall–Kier alpha value is -1.62. The summed E-state index contributed by atoms with van der Waals surface area (Å²) in [7, 11) is 1.67. The third-order valence-corrected chi connectivity index (χ3v) is 2.64. The van der Waals surface area contributed by atoms with Crippen LogP contribution in [0.2, 0.25) is 5.02 Å². The van der Waals surface area contributed by atoms with Crippen LogP contribution >= 0.6 is 11.6 Å². The molecular formula is C11H14ClN3O2. The van der Waals surface area contributed by atoms with E-state index in [9.17, 15) is 9.59 Å². The Balaban J connectivity index is 2.57. The van der Waals surface area contributed by atoms with Crippen molar-refractivity contribution >= 4 is 23.4 Å². The van der Waals surface area contributed by atoms with Gasteiger partial charge in [-0.2, -0.15) is 0 Å². The zero-order valence-corrected chi connectivity index (χ0v) is 10.5. The van der Waals surface area contributed by atoms with Gasteiger partial charge in [0, 0.05) is 26.0 Å². The van der Waals surface area contributed by atoms with Gasteiger partial charge in [-0.25, -0.2) is 0 Å². The smallest absolute Gasteiger partial charge is 0.254 e. The Morgan fingerprint density at radius 2 is 2.24 bits per heavy atom. The first kappa shape index (κ1) is 13.4. The van der Waals surface area contributed by atoms with Crippen molar-refractivity contribution in [2.75, 3.05) is 20.1 Å². The second kappa shape index (κ2) is 6.20. The second-order valence-electron chi connectivity index (χ2n) is 3.45. The molecule has 0 radical (unpaired) electrons. The van der Waals surface area contributed by atoms with Gasteiger partial charge in [-0.1, -0.05) is 11.6 Å². The number of hydrogen-bond donors (Lipinski definition) is 1. The fourth-order valence-corrected chi connectivity index (χ4v) is 1.30. The van der Waals surface area contributed by atoms with Crippen LogP contribution in [0.1, 0.15) is 17.3 Å². The van der Waals surface area contributed by atoms with Crippen LogP contribution in [0.5, 0.6) is 0 Å². The predicted molar refractivity (Wildman–Crippen MR) is 64.9 cm³/mol. The summed E-state index contributed by atoms with van der Waals surface area (Å²) in [5.74, 6) is -0.554. The molecule has 1 aromatic heterocycles. The summed E-state index contributed by atoms with van der Waals surface area (Å²) < 4.78 is 0. The van der Waals surface area contributed by atoms with Gasteiger partial charge in [-0.05, 0) is 13.0 Å². The molecule has 0 saturated carbocycles. The van der Waals surface area contributed by atoms with E-state index in [1.54, 1.807) is 7.05 Å². The van der Waals surface area contributed by atoms with Gasteiger partial charge in [0.15, 0.2) is 0 Å². The Labute approximate surface area is 105 Å². The Kier molecular flexibility index (Phi) is 4.90. The van der Waals surface area contributed by atoms with Crippen molar-refractivity contribution in [1.82, 2.24) is 15.2 Å². The van der Waals surface area contributed by atoms with Gasteiger partial charge in [0.05, 0.1) is 17.1 Å². The number of nitrogens with zero attached hydrogens (tertiary/aromatic N) is 2. The van der Waals surface area contributed by atoms with Gasteiger partial charge in [-0.3, -0.25) is 14.6 Å². The number of aromatic nitrogens is 1. The van der Waals surface area contributed by atoms with Crippen molar-refractivity contribution in [3.8, 4) is 0 Å². The fourth-order valence-electron chi connectivity index (χ4n) is 1.11. The van der Waals surface area contributed by atoms with Gasteiger partial charge in [-0.15, -0.1) is 0 Å². The van der Waals surface area contributed by atoms with E-state index in [1.807, 2.05) is 6.92 Å². The minimum atomic E-state index is -0.402. The molecule has 0 fully saturated rings. The quantitative estimate of drug-likeness (QED) is 0.871. The minimum Gasteiger partial charge on any atom is -0.345 e. The molecule has 1 heterocycles. The van der Waals surface area contributed by atoms with E-state index in [0.717, 1.165) is 0 Å². The monoisotopic (exact) mass is 255 g/mol. The maximum Gasteiger partial charge on any atom is 0.254 e. The molecule has 0 spiro atoms. The lowest BCUT2D eigenvalue weighted by Crippen LogP contribution is -2.38. The zero-order valence-electron chi connectivity index (χ0n) is 9.74. The van der Waals surface area contributed by atoms with Gasteiger partial charge < -0.3 is 10.2 Å². The number of rotatable bonds is 4. The number of carbonyl (C=O) groups is 2. The van der Waals surface area contributed by atoms with Crippen molar-refractivity contribution in [1.29, 1.82) is 0 Å². The number of nitrogens with one attached hydrogen (secondary N) is 1. The summed E-state index contributed by atoms with van der Waals surface area (Å²) in [6.45, 7) is 2.41. The average Bonchev–Trinajstić information content (AvgIpc) is 2.35. The van der Waals surface area contributed by atoms with Crippen LogP contribution in [0.4, 0.5) is 0 Å². The number of carbonyl (C=O) groups excluding carboxylic acids is 2. The number of halogens is 1. The first-order chi connectivity index (χ1) is 8.06. The van der Waals surface area contributed by atoms with Crippen LogP contribution < -0.4 is 5.32 Å². The topological polar surface area (TPSA) is 62.3 Å². The molecule has 0 aliphatic heterocycles. The lowest BCUT2D eigenvalue weighted by molar-refractivity contribution is -0.128. The Morgan fingerprint density at radius 3 is 2.82 bits per heavy atom. The predicted octanol–water partition coefficient (Wildman–Crippen LogP) is 0.943. The van der Waals surface area contributed by atoms with Gasteiger partial charge >= 0.3 is 0 Å². The average molecular weight is 256 g/mol. The third-order valence-electron chi connectivity index (χ3n) is 2.31. The molecule has 0 saturated heterocycles. The van der Waals surface area contributed by atoms with Crippen molar-refractivity contribution in [3.63, 3.8) is 0 Å². The van der Waals surface area contributed by atoms with Gasteiger partial charge in [0.1, 0.15) is 0 Å². The highest BCUT2D eigenvalue weighted by atomic mass is 35.5.